The van der Waals surface area contributed by atoms with Crippen LogP contribution in [-0.2, 0) is 16.6 Å². The van der Waals surface area contributed by atoms with E-state index in [4.69, 9.17) is 11.6 Å². The van der Waals surface area contributed by atoms with E-state index in [2.05, 4.69) is 12.2 Å². The monoisotopic (exact) mass is 285 g/mol. The number of hydrogen-bond donors (Lipinski definition) is 1. The van der Waals surface area contributed by atoms with Crippen LogP contribution in [0.4, 0.5) is 5.69 Å². The molecule has 1 aromatic carbocycles. The molecule has 0 amide bonds. The van der Waals surface area contributed by atoms with Gasteiger partial charge in [-0.25, -0.2) is 0 Å². The lowest BCUT2D eigenvalue weighted by molar-refractivity contribution is 0.556. The first-order valence-electron chi connectivity index (χ1n) is 6.41. The molecule has 0 saturated heterocycles. The molecule has 1 N–H and O–H groups in total. The summed E-state index contributed by atoms with van der Waals surface area (Å²) in [5, 5.41) is 4.28. The average molecular weight is 286 g/mol. The maximum absolute atomic E-state index is 11.3. The fourth-order valence-electron chi connectivity index (χ4n) is 2.57. The zero-order valence-corrected chi connectivity index (χ0v) is 12.5. The number of rotatable bonds is 4. The van der Waals surface area contributed by atoms with Crippen LogP contribution in [0.5, 0.6) is 0 Å². The maximum Gasteiger partial charge on any atom is 0.0498 e. The largest absolute Gasteiger partial charge is 0.382 e. The third-order valence-corrected chi connectivity index (χ3v) is 4.70. The number of nitrogens with one attached hydrogen (secondary N) is 1. The van der Waals surface area contributed by atoms with Crippen molar-refractivity contribution in [3.8, 4) is 0 Å². The highest BCUT2D eigenvalue weighted by Crippen LogP contribution is 2.29. The molecule has 1 aromatic rings. The molecular formula is C14H20ClNOS. The van der Waals surface area contributed by atoms with Crippen molar-refractivity contribution in [2.45, 2.75) is 38.0 Å². The van der Waals surface area contributed by atoms with Gasteiger partial charge in [-0.15, -0.1) is 0 Å². The Kier molecular flexibility index (Phi) is 4.68. The highest BCUT2D eigenvalue weighted by atomic mass is 35.5. The molecule has 3 atom stereocenters. The average Bonchev–Trinajstić information content (AvgIpc) is 2.69. The van der Waals surface area contributed by atoms with E-state index in [1.165, 1.54) is 19.3 Å². The summed E-state index contributed by atoms with van der Waals surface area (Å²) in [5.74, 6) is 1.25. The summed E-state index contributed by atoms with van der Waals surface area (Å²) in [6.45, 7) is 2.29. The van der Waals surface area contributed by atoms with E-state index in [1.54, 1.807) is 6.26 Å². The van der Waals surface area contributed by atoms with Gasteiger partial charge in [0, 0.05) is 39.6 Å². The number of anilines is 1. The summed E-state index contributed by atoms with van der Waals surface area (Å²) in [4.78, 5) is 0. The van der Waals surface area contributed by atoms with Gasteiger partial charge in [-0.2, -0.15) is 0 Å². The topological polar surface area (TPSA) is 29.1 Å². The molecule has 2 nitrogen and oxygen atoms in total. The fourth-order valence-corrected chi connectivity index (χ4v) is 3.51. The standard InChI is InChI=1S/C14H20ClNOS/c1-10-4-3-5-14(10)16-12-6-7-13(15)11(8-12)9-18(2)17/h6-8,10,14,16H,3-5,9H2,1-2H3/t10-,14-,18-/m1/s1. The Bertz CT molecular complexity index is 449. The summed E-state index contributed by atoms with van der Waals surface area (Å²) >= 11 is 6.12. The van der Waals surface area contributed by atoms with Gasteiger partial charge in [0.25, 0.3) is 0 Å². The van der Waals surface area contributed by atoms with Gasteiger partial charge in [0.2, 0.25) is 0 Å². The fraction of sp³-hybridized carbons (Fsp3) is 0.571. The zero-order chi connectivity index (χ0) is 13.1. The minimum atomic E-state index is -0.858. The van der Waals surface area contributed by atoms with Crippen molar-refractivity contribution in [2.75, 3.05) is 11.6 Å². The van der Waals surface area contributed by atoms with Crippen LogP contribution in [-0.4, -0.2) is 16.5 Å². The van der Waals surface area contributed by atoms with Gasteiger partial charge < -0.3 is 5.32 Å². The van der Waals surface area contributed by atoms with E-state index in [9.17, 15) is 4.21 Å². The summed E-state index contributed by atoms with van der Waals surface area (Å²) in [6.07, 6.45) is 5.55. The minimum absolute atomic E-state index is 0.522. The van der Waals surface area contributed by atoms with Crippen molar-refractivity contribution in [3.63, 3.8) is 0 Å². The van der Waals surface area contributed by atoms with Crippen LogP contribution in [0.2, 0.25) is 5.02 Å². The lowest BCUT2D eigenvalue weighted by atomic mass is 10.1. The molecule has 4 heteroatoms. The molecule has 0 radical (unpaired) electrons. The highest BCUT2D eigenvalue weighted by molar-refractivity contribution is 7.83. The first kappa shape index (κ1) is 13.9. The Balaban J connectivity index is 2.11. The lowest BCUT2D eigenvalue weighted by Crippen LogP contribution is -2.21. The van der Waals surface area contributed by atoms with Crippen LogP contribution in [0, 0.1) is 5.92 Å². The molecule has 0 heterocycles. The molecule has 1 fully saturated rings. The molecule has 0 unspecified atom stereocenters. The van der Waals surface area contributed by atoms with Crippen LogP contribution in [0.15, 0.2) is 18.2 Å². The van der Waals surface area contributed by atoms with Crippen LogP contribution in [0.3, 0.4) is 0 Å². The van der Waals surface area contributed by atoms with Gasteiger partial charge in [-0.05, 0) is 42.5 Å². The Morgan fingerprint density at radius 2 is 2.22 bits per heavy atom. The van der Waals surface area contributed by atoms with E-state index >= 15 is 0 Å². The van der Waals surface area contributed by atoms with Gasteiger partial charge in [0.1, 0.15) is 0 Å². The predicted molar refractivity (Wildman–Crippen MR) is 79.6 cm³/mol. The van der Waals surface area contributed by atoms with Gasteiger partial charge in [-0.1, -0.05) is 24.9 Å². The zero-order valence-electron chi connectivity index (χ0n) is 10.9. The van der Waals surface area contributed by atoms with Crippen molar-refractivity contribution in [2.24, 2.45) is 5.92 Å². The SMILES string of the molecule is C[C@@H]1CCC[C@H]1Nc1ccc(Cl)c(C[S@@](C)=O)c1. The van der Waals surface area contributed by atoms with Crippen LogP contribution in [0.1, 0.15) is 31.7 Å². The third-order valence-electron chi connectivity index (χ3n) is 3.62. The molecule has 1 aliphatic rings. The van der Waals surface area contributed by atoms with Crippen molar-refractivity contribution in [1.82, 2.24) is 0 Å². The highest BCUT2D eigenvalue weighted by Gasteiger charge is 2.23. The second kappa shape index (κ2) is 6.07. The normalized spacial score (nSPS) is 25.1. The number of halogens is 1. The predicted octanol–water partition coefficient (Wildman–Crippen LogP) is 3.82. The first-order valence-corrected chi connectivity index (χ1v) is 8.52. The molecule has 2 rings (SSSR count). The third kappa shape index (κ3) is 3.48. The van der Waals surface area contributed by atoms with E-state index in [0.717, 1.165) is 17.2 Å². The first-order chi connectivity index (χ1) is 8.56. The van der Waals surface area contributed by atoms with Gasteiger partial charge >= 0.3 is 0 Å². The van der Waals surface area contributed by atoms with Gasteiger partial charge in [0.05, 0.1) is 0 Å². The van der Waals surface area contributed by atoms with E-state index in [0.29, 0.717) is 16.8 Å². The Morgan fingerprint density at radius 1 is 1.44 bits per heavy atom. The molecule has 1 aliphatic carbocycles. The molecule has 100 valence electrons. The molecular weight excluding hydrogens is 266 g/mol. The van der Waals surface area contributed by atoms with Gasteiger partial charge in [-0.3, -0.25) is 4.21 Å². The second-order valence-corrected chi connectivity index (χ2v) is 7.02. The van der Waals surface area contributed by atoms with Crippen molar-refractivity contribution in [3.05, 3.63) is 28.8 Å². The second-order valence-electron chi connectivity index (χ2n) is 5.18. The minimum Gasteiger partial charge on any atom is -0.382 e. The quantitative estimate of drug-likeness (QED) is 0.911. The number of hydrogen-bond acceptors (Lipinski definition) is 2. The molecule has 0 aliphatic heterocycles. The van der Waals surface area contributed by atoms with Crippen LogP contribution >= 0.6 is 11.6 Å². The summed E-state index contributed by atoms with van der Waals surface area (Å²) in [7, 11) is -0.858. The van der Waals surface area contributed by atoms with E-state index < -0.39 is 10.8 Å². The lowest BCUT2D eigenvalue weighted by Gasteiger charge is -2.19. The van der Waals surface area contributed by atoms with Crippen molar-refractivity contribution in [1.29, 1.82) is 0 Å². The molecule has 1 saturated carbocycles. The van der Waals surface area contributed by atoms with Crippen molar-refractivity contribution >= 4 is 28.1 Å². The van der Waals surface area contributed by atoms with Gasteiger partial charge in [0.15, 0.2) is 0 Å². The van der Waals surface area contributed by atoms with E-state index in [1.807, 2.05) is 18.2 Å². The smallest absolute Gasteiger partial charge is 0.0498 e. The molecule has 18 heavy (non-hydrogen) atoms. The molecule has 0 bridgehead atoms. The van der Waals surface area contributed by atoms with E-state index in [-0.39, 0.29) is 0 Å². The van der Waals surface area contributed by atoms with Crippen molar-refractivity contribution < 1.29 is 4.21 Å². The summed E-state index contributed by atoms with van der Waals surface area (Å²) in [5.41, 5.74) is 2.06. The molecule has 0 spiro atoms. The van der Waals surface area contributed by atoms with Crippen LogP contribution in [0.25, 0.3) is 0 Å². The Hall–Kier alpha value is -0.540. The molecule has 0 aromatic heterocycles. The Morgan fingerprint density at radius 3 is 2.83 bits per heavy atom. The maximum atomic E-state index is 11.3. The number of benzene rings is 1. The Labute approximate surface area is 117 Å². The van der Waals surface area contributed by atoms with Crippen LogP contribution < -0.4 is 5.32 Å². The summed E-state index contributed by atoms with van der Waals surface area (Å²) in [6, 6.07) is 6.50. The summed E-state index contributed by atoms with van der Waals surface area (Å²) < 4.78 is 11.3.